The molecule has 2 aromatic rings. The maximum absolute atomic E-state index is 12.8. The van der Waals surface area contributed by atoms with Crippen LogP contribution in [0.5, 0.6) is 5.75 Å². The molecule has 0 aliphatic carbocycles. The summed E-state index contributed by atoms with van der Waals surface area (Å²) in [6.07, 6.45) is 0. The van der Waals surface area contributed by atoms with Crippen LogP contribution in [-0.4, -0.2) is 45.2 Å². The van der Waals surface area contributed by atoms with Crippen molar-refractivity contribution < 1.29 is 22.7 Å². The predicted molar refractivity (Wildman–Crippen MR) is 107 cm³/mol. The van der Waals surface area contributed by atoms with Gasteiger partial charge >= 0.3 is 0 Å². The van der Waals surface area contributed by atoms with Gasteiger partial charge in [-0.1, -0.05) is 17.7 Å². The van der Waals surface area contributed by atoms with Crippen LogP contribution in [-0.2, 0) is 19.6 Å². The van der Waals surface area contributed by atoms with E-state index in [1.54, 1.807) is 24.3 Å². The van der Waals surface area contributed by atoms with Crippen LogP contribution in [0.2, 0.25) is 5.02 Å². The molecule has 2 aromatic carbocycles. The SMILES string of the molecule is COc1ccc(Cl)cc1S(=O)(=O)N(C)CC(=O)Nc1cccc(NC(C)=O)c1. The number of hydrogen-bond acceptors (Lipinski definition) is 5. The molecule has 8 nitrogen and oxygen atoms in total. The Hall–Kier alpha value is -2.62. The minimum Gasteiger partial charge on any atom is -0.495 e. The lowest BCUT2D eigenvalue weighted by atomic mass is 10.2. The van der Waals surface area contributed by atoms with Crippen molar-refractivity contribution in [3.05, 3.63) is 47.5 Å². The Labute approximate surface area is 168 Å². The lowest BCUT2D eigenvalue weighted by molar-refractivity contribution is -0.116. The van der Waals surface area contributed by atoms with E-state index in [9.17, 15) is 18.0 Å². The van der Waals surface area contributed by atoms with Gasteiger partial charge in [-0.3, -0.25) is 9.59 Å². The highest BCUT2D eigenvalue weighted by Gasteiger charge is 2.27. The molecule has 0 aliphatic heterocycles. The summed E-state index contributed by atoms with van der Waals surface area (Å²) in [5.41, 5.74) is 0.928. The number of benzene rings is 2. The van der Waals surface area contributed by atoms with E-state index < -0.39 is 22.5 Å². The van der Waals surface area contributed by atoms with Crippen molar-refractivity contribution >= 4 is 44.8 Å². The molecule has 0 fully saturated rings. The number of nitrogens with one attached hydrogen (secondary N) is 2. The van der Waals surface area contributed by atoms with Crippen LogP contribution in [0.3, 0.4) is 0 Å². The third-order valence-electron chi connectivity index (χ3n) is 3.65. The molecular weight excluding hydrogens is 406 g/mol. The number of likely N-dealkylation sites (N-methyl/N-ethyl adjacent to an activating group) is 1. The van der Waals surface area contributed by atoms with Gasteiger partial charge in [0, 0.05) is 30.4 Å². The molecule has 0 bridgehead atoms. The largest absolute Gasteiger partial charge is 0.495 e. The first-order chi connectivity index (χ1) is 13.1. The van der Waals surface area contributed by atoms with Crippen molar-refractivity contribution in [3.63, 3.8) is 0 Å². The van der Waals surface area contributed by atoms with Gasteiger partial charge in [0.15, 0.2) is 0 Å². The minimum atomic E-state index is -4.01. The van der Waals surface area contributed by atoms with Crippen molar-refractivity contribution in [2.24, 2.45) is 0 Å². The molecule has 28 heavy (non-hydrogen) atoms. The molecule has 0 saturated carbocycles. The number of rotatable bonds is 7. The van der Waals surface area contributed by atoms with Gasteiger partial charge in [0.25, 0.3) is 0 Å². The quantitative estimate of drug-likeness (QED) is 0.709. The number of methoxy groups -OCH3 is 1. The lowest BCUT2D eigenvalue weighted by Gasteiger charge is -2.19. The summed E-state index contributed by atoms with van der Waals surface area (Å²) in [5.74, 6) is -0.670. The molecule has 10 heteroatoms. The number of anilines is 2. The van der Waals surface area contributed by atoms with Gasteiger partial charge in [-0.15, -0.1) is 0 Å². The highest BCUT2D eigenvalue weighted by atomic mass is 35.5. The smallest absolute Gasteiger partial charge is 0.247 e. The van der Waals surface area contributed by atoms with E-state index in [2.05, 4.69) is 10.6 Å². The number of amides is 2. The zero-order chi connectivity index (χ0) is 20.9. The maximum atomic E-state index is 12.8. The molecule has 0 atom stereocenters. The third kappa shape index (κ3) is 5.44. The molecular formula is C18H20ClN3O5S. The van der Waals surface area contributed by atoms with Crippen molar-refractivity contribution in [1.29, 1.82) is 0 Å². The number of nitrogens with zero attached hydrogens (tertiary/aromatic N) is 1. The van der Waals surface area contributed by atoms with Crippen LogP contribution < -0.4 is 15.4 Å². The summed E-state index contributed by atoms with van der Waals surface area (Å²) in [6, 6.07) is 10.7. The zero-order valence-electron chi connectivity index (χ0n) is 15.5. The van der Waals surface area contributed by atoms with E-state index >= 15 is 0 Å². The molecule has 0 heterocycles. The van der Waals surface area contributed by atoms with E-state index in [0.717, 1.165) is 4.31 Å². The van der Waals surface area contributed by atoms with Gasteiger partial charge in [-0.05, 0) is 36.4 Å². The first kappa shape index (κ1) is 21.7. The molecule has 0 aliphatic rings. The zero-order valence-corrected chi connectivity index (χ0v) is 17.1. The average molecular weight is 426 g/mol. The Balaban J connectivity index is 2.14. The van der Waals surface area contributed by atoms with Gasteiger partial charge in [0.1, 0.15) is 10.6 Å². The van der Waals surface area contributed by atoms with Gasteiger partial charge in [0.05, 0.1) is 13.7 Å². The standard InChI is InChI=1S/C18H20ClN3O5S/c1-12(23)20-14-5-4-6-15(10-14)21-18(24)11-22(2)28(25,26)17-9-13(19)7-8-16(17)27-3/h4-10H,11H2,1-3H3,(H,20,23)(H,21,24). The van der Waals surface area contributed by atoms with E-state index in [0.29, 0.717) is 11.4 Å². The van der Waals surface area contributed by atoms with Crippen LogP contribution >= 0.6 is 11.6 Å². The van der Waals surface area contributed by atoms with Gasteiger partial charge in [-0.2, -0.15) is 4.31 Å². The maximum Gasteiger partial charge on any atom is 0.247 e. The Morgan fingerprint density at radius 3 is 2.36 bits per heavy atom. The van der Waals surface area contributed by atoms with Crippen LogP contribution in [0, 0.1) is 0 Å². The molecule has 0 radical (unpaired) electrons. The second kappa shape index (κ2) is 9.05. The van der Waals surface area contributed by atoms with Crippen LogP contribution in [0.4, 0.5) is 11.4 Å². The molecule has 2 amide bonds. The summed E-state index contributed by atoms with van der Waals surface area (Å²) >= 11 is 5.90. The second-order valence-electron chi connectivity index (χ2n) is 5.87. The number of carbonyl (C=O) groups is 2. The molecule has 0 aromatic heterocycles. The topological polar surface area (TPSA) is 105 Å². The normalized spacial score (nSPS) is 11.2. The third-order valence-corrected chi connectivity index (χ3v) is 5.71. The van der Waals surface area contributed by atoms with E-state index in [1.807, 2.05) is 0 Å². The molecule has 2 rings (SSSR count). The number of ether oxygens (including phenoxy) is 1. The van der Waals surface area contributed by atoms with Gasteiger partial charge in [0.2, 0.25) is 21.8 Å². The van der Waals surface area contributed by atoms with Crippen LogP contribution in [0.1, 0.15) is 6.92 Å². The van der Waals surface area contributed by atoms with Gasteiger partial charge < -0.3 is 15.4 Å². The monoisotopic (exact) mass is 425 g/mol. The Bertz CT molecular complexity index is 994. The molecule has 150 valence electrons. The van der Waals surface area contributed by atoms with Crippen molar-refractivity contribution in [2.45, 2.75) is 11.8 Å². The van der Waals surface area contributed by atoms with Crippen LogP contribution in [0.25, 0.3) is 0 Å². The summed E-state index contributed by atoms with van der Waals surface area (Å²) in [6.45, 7) is 0.942. The average Bonchev–Trinajstić information content (AvgIpc) is 2.61. The van der Waals surface area contributed by atoms with E-state index in [1.165, 1.54) is 39.3 Å². The van der Waals surface area contributed by atoms with Crippen molar-refractivity contribution in [2.75, 3.05) is 31.3 Å². The Morgan fingerprint density at radius 2 is 1.75 bits per heavy atom. The van der Waals surface area contributed by atoms with Gasteiger partial charge in [-0.25, -0.2) is 8.42 Å². The molecule has 0 saturated heterocycles. The van der Waals surface area contributed by atoms with Crippen molar-refractivity contribution in [1.82, 2.24) is 4.31 Å². The Morgan fingerprint density at radius 1 is 1.11 bits per heavy atom. The lowest BCUT2D eigenvalue weighted by Crippen LogP contribution is -2.35. The number of hydrogen-bond donors (Lipinski definition) is 2. The fourth-order valence-electron chi connectivity index (χ4n) is 2.39. The highest BCUT2D eigenvalue weighted by molar-refractivity contribution is 7.89. The minimum absolute atomic E-state index is 0.125. The highest BCUT2D eigenvalue weighted by Crippen LogP contribution is 2.29. The Kier molecular flexibility index (Phi) is 7.00. The fourth-order valence-corrected chi connectivity index (χ4v) is 3.93. The number of halogens is 1. The summed E-state index contributed by atoms with van der Waals surface area (Å²) < 4.78 is 31.6. The predicted octanol–water partition coefficient (Wildman–Crippen LogP) is 2.57. The number of carbonyl (C=O) groups excluding carboxylic acids is 2. The van der Waals surface area contributed by atoms with Crippen molar-refractivity contribution in [3.8, 4) is 5.75 Å². The molecule has 0 unspecified atom stereocenters. The number of sulfonamides is 1. The van der Waals surface area contributed by atoms with Crippen LogP contribution in [0.15, 0.2) is 47.4 Å². The van der Waals surface area contributed by atoms with E-state index in [-0.39, 0.29) is 21.6 Å². The van der Waals surface area contributed by atoms with E-state index in [4.69, 9.17) is 16.3 Å². The summed E-state index contributed by atoms with van der Waals surface area (Å²) in [5, 5.41) is 5.43. The second-order valence-corrected chi connectivity index (χ2v) is 8.32. The fraction of sp³-hybridized carbons (Fsp3) is 0.222. The summed E-state index contributed by atoms with van der Waals surface area (Å²) in [7, 11) is -1.38. The first-order valence-corrected chi connectivity index (χ1v) is 9.92. The first-order valence-electron chi connectivity index (χ1n) is 8.11. The molecule has 2 N–H and O–H groups in total. The summed E-state index contributed by atoms with van der Waals surface area (Å²) in [4.78, 5) is 23.3. The molecule has 0 spiro atoms.